The molecule has 136 valence electrons. The molecule has 2 amide bonds. The highest BCUT2D eigenvalue weighted by Crippen LogP contribution is 2.28. The summed E-state index contributed by atoms with van der Waals surface area (Å²) in [5.41, 5.74) is 1.42. The van der Waals surface area contributed by atoms with Gasteiger partial charge in [-0.15, -0.1) is 0 Å². The number of piperidine rings is 3. The molecule has 26 heavy (non-hydrogen) atoms. The van der Waals surface area contributed by atoms with Crippen LogP contribution in [0.25, 0.3) is 11.3 Å². The van der Waals surface area contributed by atoms with Crippen molar-refractivity contribution >= 4 is 11.8 Å². The molecule has 2 aromatic rings. The molecule has 1 aromatic heterocycles. The SMILES string of the molecule is CNC(=O)c1ccc(-c2ccc(C(=O)NC3CN4CCC3CC4)o2)cc1. The maximum Gasteiger partial charge on any atom is 0.287 e. The molecule has 0 saturated carbocycles. The molecule has 6 heteroatoms. The number of rotatable bonds is 4. The van der Waals surface area contributed by atoms with Gasteiger partial charge in [0.2, 0.25) is 0 Å². The summed E-state index contributed by atoms with van der Waals surface area (Å²) in [6.45, 7) is 3.23. The van der Waals surface area contributed by atoms with Gasteiger partial charge in [0.15, 0.2) is 5.76 Å². The number of carbonyl (C=O) groups is 2. The molecule has 3 aliphatic rings. The molecule has 4 heterocycles. The molecule has 6 nitrogen and oxygen atoms in total. The topological polar surface area (TPSA) is 74.6 Å². The lowest BCUT2D eigenvalue weighted by Crippen LogP contribution is -2.57. The molecular weight excluding hydrogens is 330 g/mol. The zero-order chi connectivity index (χ0) is 18.1. The Balaban J connectivity index is 1.44. The minimum Gasteiger partial charge on any atom is -0.451 e. The van der Waals surface area contributed by atoms with E-state index in [0.717, 1.165) is 38.0 Å². The Morgan fingerprint density at radius 2 is 1.77 bits per heavy atom. The van der Waals surface area contributed by atoms with Gasteiger partial charge >= 0.3 is 0 Å². The lowest BCUT2D eigenvalue weighted by atomic mass is 9.84. The van der Waals surface area contributed by atoms with Crippen LogP contribution >= 0.6 is 0 Å². The van der Waals surface area contributed by atoms with E-state index in [0.29, 0.717) is 23.0 Å². The Hall–Kier alpha value is -2.60. The molecule has 0 radical (unpaired) electrons. The van der Waals surface area contributed by atoms with Crippen LogP contribution in [0.5, 0.6) is 0 Å². The summed E-state index contributed by atoms with van der Waals surface area (Å²) >= 11 is 0. The molecule has 0 spiro atoms. The maximum absolute atomic E-state index is 12.5. The molecule has 0 aliphatic carbocycles. The van der Waals surface area contributed by atoms with Gasteiger partial charge in [0, 0.05) is 30.8 Å². The first-order valence-corrected chi connectivity index (χ1v) is 9.09. The normalized spacial score (nSPS) is 24.3. The van der Waals surface area contributed by atoms with Crippen molar-refractivity contribution in [1.82, 2.24) is 15.5 Å². The zero-order valence-corrected chi connectivity index (χ0v) is 14.8. The Labute approximate surface area is 152 Å². The Morgan fingerprint density at radius 1 is 1.04 bits per heavy atom. The van der Waals surface area contributed by atoms with E-state index in [1.165, 1.54) is 0 Å². The summed E-state index contributed by atoms with van der Waals surface area (Å²) in [4.78, 5) is 26.6. The fourth-order valence-corrected chi connectivity index (χ4v) is 3.91. The summed E-state index contributed by atoms with van der Waals surface area (Å²) < 4.78 is 5.75. The van der Waals surface area contributed by atoms with Crippen molar-refractivity contribution in [2.75, 3.05) is 26.7 Å². The number of amides is 2. The lowest BCUT2D eigenvalue weighted by Gasteiger charge is -2.44. The first kappa shape index (κ1) is 16.8. The van der Waals surface area contributed by atoms with Crippen LogP contribution < -0.4 is 10.6 Å². The molecule has 5 rings (SSSR count). The van der Waals surface area contributed by atoms with Crippen molar-refractivity contribution < 1.29 is 14.0 Å². The van der Waals surface area contributed by atoms with Crippen molar-refractivity contribution in [2.45, 2.75) is 18.9 Å². The standard InChI is InChI=1S/C20H23N3O3/c1-21-19(24)15-4-2-14(3-5-15)17-6-7-18(26-17)20(25)22-16-12-23-10-8-13(16)9-11-23/h2-7,13,16H,8-12H2,1H3,(H,21,24)(H,22,25). The smallest absolute Gasteiger partial charge is 0.287 e. The first-order chi connectivity index (χ1) is 12.6. The van der Waals surface area contributed by atoms with Gasteiger partial charge in [0.05, 0.1) is 0 Å². The predicted molar refractivity (Wildman–Crippen MR) is 98.0 cm³/mol. The number of carbonyl (C=O) groups excluding carboxylic acids is 2. The van der Waals surface area contributed by atoms with Gasteiger partial charge in [-0.1, -0.05) is 12.1 Å². The Kier molecular flexibility index (Phi) is 4.51. The summed E-state index contributed by atoms with van der Waals surface area (Å²) in [5.74, 6) is 1.24. The average molecular weight is 353 g/mol. The minimum atomic E-state index is -0.156. The quantitative estimate of drug-likeness (QED) is 0.883. The predicted octanol–water partition coefficient (Wildman–Crippen LogP) is 2.13. The van der Waals surface area contributed by atoms with Gasteiger partial charge in [-0.3, -0.25) is 9.59 Å². The van der Waals surface area contributed by atoms with E-state index in [1.807, 2.05) is 12.1 Å². The van der Waals surface area contributed by atoms with Gasteiger partial charge in [0.25, 0.3) is 11.8 Å². The molecule has 1 aromatic carbocycles. The summed E-state index contributed by atoms with van der Waals surface area (Å²) in [5, 5.41) is 5.73. The lowest BCUT2D eigenvalue weighted by molar-refractivity contribution is 0.0606. The highest BCUT2D eigenvalue weighted by Gasteiger charge is 2.35. The first-order valence-electron chi connectivity index (χ1n) is 9.09. The third-order valence-corrected chi connectivity index (χ3v) is 5.46. The van der Waals surface area contributed by atoms with Crippen LogP contribution in [0.4, 0.5) is 0 Å². The van der Waals surface area contributed by atoms with Crippen LogP contribution in [0, 0.1) is 5.92 Å². The van der Waals surface area contributed by atoms with E-state index in [9.17, 15) is 9.59 Å². The van der Waals surface area contributed by atoms with Crippen molar-refractivity contribution in [3.05, 3.63) is 47.7 Å². The number of hydrogen-bond acceptors (Lipinski definition) is 4. The number of nitrogens with zero attached hydrogens (tertiary/aromatic N) is 1. The molecule has 1 unspecified atom stereocenters. The van der Waals surface area contributed by atoms with Crippen LogP contribution in [-0.2, 0) is 0 Å². The van der Waals surface area contributed by atoms with Gasteiger partial charge in [-0.05, 0) is 56.1 Å². The minimum absolute atomic E-state index is 0.131. The third-order valence-electron chi connectivity index (χ3n) is 5.46. The molecule has 1 atom stereocenters. The van der Waals surface area contributed by atoms with Gasteiger partial charge in [0.1, 0.15) is 5.76 Å². The van der Waals surface area contributed by atoms with Crippen LogP contribution in [0.3, 0.4) is 0 Å². The van der Waals surface area contributed by atoms with Gasteiger partial charge < -0.3 is 20.0 Å². The highest BCUT2D eigenvalue weighted by atomic mass is 16.3. The molecule has 3 aliphatic heterocycles. The van der Waals surface area contributed by atoms with Gasteiger partial charge in [-0.25, -0.2) is 0 Å². The Morgan fingerprint density at radius 3 is 2.38 bits per heavy atom. The van der Waals surface area contributed by atoms with Crippen molar-refractivity contribution in [3.63, 3.8) is 0 Å². The van der Waals surface area contributed by atoms with E-state index < -0.39 is 0 Å². The van der Waals surface area contributed by atoms with E-state index in [4.69, 9.17) is 4.42 Å². The maximum atomic E-state index is 12.5. The van der Waals surface area contributed by atoms with Crippen LogP contribution in [-0.4, -0.2) is 49.4 Å². The summed E-state index contributed by atoms with van der Waals surface area (Å²) in [6.07, 6.45) is 2.32. The summed E-state index contributed by atoms with van der Waals surface area (Å²) in [7, 11) is 1.60. The second kappa shape index (κ2) is 6.96. The molecule has 2 N–H and O–H groups in total. The van der Waals surface area contributed by atoms with E-state index in [2.05, 4.69) is 15.5 Å². The number of furan rings is 1. The number of nitrogens with one attached hydrogen (secondary N) is 2. The van der Waals surface area contributed by atoms with Gasteiger partial charge in [-0.2, -0.15) is 0 Å². The van der Waals surface area contributed by atoms with Crippen LogP contribution in [0.2, 0.25) is 0 Å². The van der Waals surface area contributed by atoms with Crippen molar-refractivity contribution in [2.24, 2.45) is 5.92 Å². The molecule has 2 bridgehead atoms. The van der Waals surface area contributed by atoms with Crippen molar-refractivity contribution in [1.29, 1.82) is 0 Å². The average Bonchev–Trinajstić information content (AvgIpc) is 3.19. The number of hydrogen-bond donors (Lipinski definition) is 2. The second-order valence-electron chi connectivity index (χ2n) is 7.04. The highest BCUT2D eigenvalue weighted by molar-refractivity contribution is 5.94. The molecule has 3 saturated heterocycles. The summed E-state index contributed by atoms with van der Waals surface area (Å²) in [6, 6.07) is 10.8. The third kappa shape index (κ3) is 3.24. The largest absolute Gasteiger partial charge is 0.451 e. The molecular formula is C20H23N3O3. The van der Waals surface area contributed by atoms with E-state index >= 15 is 0 Å². The van der Waals surface area contributed by atoms with Crippen LogP contribution in [0.1, 0.15) is 33.8 Å². The number of benzene rings is 1. The van der Waals surface area contributed by atoms with Crippen molar-refractivity contribution in [3.8, 4) is 11.3 Å². The number of fused-ring (bicyclic) bond motifs is 3. The fraction of sp³-hybridized carbons (Fsp3) is 0.400. The monoisotopic (exact) mass is 353 g/mol. The molecule has 3 fully saturated rings. The van der Waals surface area contributed by atoms with Crippen LogP contribution in [0.15, 0.2) is 40.8 Å². The second-order valence-corrected chi connectivity index (χ2v) is 7.04. The van der Waals surface area contributed by atoms with E-state index in [1.54, 1.807) is 31.3 Å². The van der Waals surface area contributed by atoms with E-state index in [-0.39, 0.29) is 17.9 Å². The fourth-order valence-electron chi connectivity index (χ4n) is 3.91. The Bertz CT molecular complexity index is 804. The zero-order valence-electron chi connectivity index (χ0n) is 14.8.